The van der Waals surface area contributed by atoms with Gasteiger partial charge in [0.1, 0.15) is 5.01 Å². The summed E-state index contributed by atoms with van der Waals surface area (Å²) in [5.41, 5.74) is 1.83. The second-order valence-corrected chi connectivity index (χ2v) is 7.53. The number of fused-ring (bicyclic) bond motifs is 1. The molecule has 1 fully saturated rings. The van der Waals surface area contributed by atoms with Crippen LogP contribution in [-0.2, 0) is 11.3 Å². The highest BCUT2D eigenvalue weighted by atomic mass is 32.1. The van der Waals surface area contributed by atoms with Gasteiger partial charge in [-0.05, 0) is 30.9 Å². The Morgan fingerprint density at radius 2 is 2.16 bits per heavy atom. The van der Waals surface area contributed by atoms with E-state index in [0.29, 0.717) is 19.5 Å². The Labute approximate surface area is 151 Å². The van der Waals surface area contributed by atoms with E-state index in [-0.39, 0.29) is 17.9 Å². The summed E-state index contributed by atoms with van der Waals surface area (Å²) in [6.45, 7) is 1.88. The van der Waals surface area contributed by atoms with Gasteiger partial charge >= 0.3 is 0 Å². The van der Waals surface area contributed by atoms with Gasteiger partial charge in [-0.15, -0.1) is 11.3 Å². The van der Waals surface area contributed by atoms with Crippen molar-refractivity contribution >= 4 is 23.2 Å². The number of amides is 2. The predicted molar refractivity (Wildman–Crippen MR) is 96.2 cm³/mol. The van der Waals surface area contributed by atoms with Gasteiger partial charge in [-0.1, -0.05) is 18.2 Å². The third-order valence-electron chi connectivity index (χ3n) is 5.05. The Kier molecular flexibility index (Phi) is 4.53. The molecule has 25 heavy (non-hydrogen) atoms. The third kappa shape index (κ3) is 3.18. The lowest BCUT2D eigenvalue weighted by Gasteiger charge is -2.35. The first kappa shape index (κ1) is 16.3. The van der Waals surface area contributed by atoms with E-state index in [9.17, 15) is 9.59 Å². The second-order valence-electron chi connectivity index (χ2n) is 6.60. The fraction of sp³-hybridized carbons (Fsp3) is 0.421. The lowest BCUT2D eigenvalue weighted by Crippen LogP contribution is -2.40. The van der Waals surface area contributed by atoms with Crippen LogP contribution < -0.4 is 0 Å². The van der Waals surface area contributed by atoms with E-state index in [0.717, 1.165) is 41.9 Å². The smallest absolute Gasteiger partial charge is 0.254 e. The molecule has 2 aliphatic heterocycles. The molecule has 4 rings (SSSR count). The molecular weight excluding hydrogens is 334 g/mol. The number of benzene rings is 1. The molecule has 1 saturated heterocycles. The summed E-state index contributed by atoms with van der Waals surface area (Å²) in [6.07, 6.45) is 5.34. The lowest BCUT2D eigenvalue weighted by molar-refractivity contribution is -0.135. The average Bonchev–Trinajstić information content (AvgIpc) is 3.29. The van der Waals surface area contributed by atoms with E-state index < -0.39 is 0 Å². The number of aromatic nitrogens is 1. The molecule has 5 nitrogen and oxygen atoms in total. The maximum Gasteiger partial charge on any atom is 0.254 e. The fourth-order valence-electron chi connectivity index (χ4n) is 3.76. The van der Waals surface area contributed by atoms with Gasteiger partial charge in [0, 0.05) is 43.2 Å². The molecule has 1 aromatic carbocycles. The Morgan fingerprint density at radius 3 is 2.96 bits per heavy atom. The largest absolute Gasteiger partial charge is 0.334 e. The van der Waals surface area contributed by atoms with Gasteiger partial charge in [0.15, 0.2) is 0 Å². The number of piperidine rings is 1. The summed E-state index contributed by atoms with van der Waals surface area (Å²) in [4.78, 5) is 33.4. The molecule has 0 N–H and O–H groups in total. The predicted octanol–water partition coefficient (Wildman–Crippen LogP) is 3.24. The number of carbonyl (C=O) groups is 2. The maximum absolute atomic E-state index is 12.8. The Morgan fingerprint density at radius 1 is 1.28 bits per heavy atom. The number of hydrogen-bond donors (Lipinski definition) is 0. The average molecular weight is 355 g/mol. The quantitative estimate of drug-likeness (QED) is 0.846. The molecule has 0 bridgehead atoms. The molecule has 2 aliphatic rings. The minimum atomic E-state index is 0.0403. The van der Waals surface area contributed by atoms with Crippen LogP contribution in [0.25, 0.3) is 0 Å². The topological polar surface area (TPSA) is 53.5 Å². The molecule has 0 saturated carbocycles. The highest BCUT2D eigenvalue weighted by Gasteiger charge is 2.31. The van der Waals surface area contributed by atoms with Crippen LogP contribution in [-0.4, -0.2) is 39.7 Å². The molecular formula is C19H21N3O2S. The summed E-state index contributed by atoms with van der Waals surface area (Å²) in [7, 11) is 0. The number of hydrogen-bond acceptors (Lipinski definition) is 4. The van der Waals surface area contributed by atoms with Crippen molar-refractivity contribution in [1.82, 2.24) is 14.8 Å². The van der Waals surface area contributed by atoms with Crippen LogP contribution in [0.4, 0.5) is 0 Å². The van der Waals surface area contributed by atoms with Crippen LogP contribution in [0.2, 0.25) is 0 Å². The Balaban J connectivity index is 1.40. The SMILES string of the molecule is O=C1c2ccccc2CN1CCC(=O)N1CCCC[C@H]1c1nccs1. The van der Waals surface area contributed by atoms with Crippen LogP contribution >= 0.6 is 11.3 Å². The molecule has 3 heterocycles. The van der Waals surface area contributed by atoms with Crippen molar-refractivity contribution in [3.05, 3.63) is 52.0 Å². The van der Waals surface area contributed by atoms with Crippen LogP contribution in [0, 0.1) is 0 Å². The monoisotopic (exact) mass is 355 g/mol. The fourth-order valence-corrected chi connectivity index (χ4v) is 4.54. The van der Waals surface area contributed by atoms with E-state index in [2.05, 4.69) is 4.98 Å². The molecule has 0 radical (unpaired) electrons. The summed E-state index contributed by atoms with van der Waals surface area (Å²) < 4.78 is 0. The summed E-state index contributed by atoms with van der Waals surface area (Å²) in [5.74, 6) is 0.169. The first-order valence-corrected chi connectivity index (χ1v) is 9.68. The number of nitrogens with zero attached hydrogens (tertiary/aromatic N) is 3. The van der Waals surface area contributed by atoms with E-state index in [1.54, 1.807) is 22.4 Å². The zero-order valence-corrected chi connectivity index (χ0v) is 14.9. The Bertz CT molecular complexity index is 775. The van der Waals surface area contributed by atoms with Gasteiger partial charge in [-0.3, -0.25) is 9.59 Å². The zero-order chi connectivity index (χ0) is 17.2. The van der Waals surface area contributed by atoms with Gasteiger partial charge in [0.05, 0.1) is 6.04 Å². The first-order chi connectivity index (χ1) is 12.2. The minimum absolute atomic E-state index is 0.0403. The molecule has 130 valence electrons. The molecule has 0 spiro atoms. The van der Waals surface area contributed by atoms with Gasteiger partial charge in [0.25, 0.3) is 5.91 Å². The van der Waals surface area contributed by atoms with Crippen LogP contribution in [0.3, 0.4) is 0 Å². The van der Waals surface area contributed by atoms with Gasteiger partial charge in [0.2, 0.25) is 5.91 Å². The van der Waals surface area contributed by atoms with E-state index in [1.807, 2.05) is 34.5 Å². The molecule has 2 amide bonds. The summed E-state index contributed by atoms with van der Waals surface area (Å²) >= 11 is 1.62. The molecule has 6 heteroatoms. The Hall–Kier alpha value is -2.21. The number of likely N-dealkylation sites (tertiary alicyclic amines) is 1. The van der Waals surface area contributed by atoms with Crippen LogP contribution in [0.1, 0.15) is 52.7 Å². The third-order valence-corrected chi connectivity index (χ3v) is 5.93. The normalized spacial score (nSPS) is 20.0. The van der Waals surface area contributed by atoms with Crippen molar-refractivity contribution < 1.29 is 9.59 Å². The van der Waals surface area contributed by atoms with Crippen molar-refractivity contribution in [2.24, 2.45) is 0 Å². The minimum Gasteiger partial charge on any atom is -0.334 e. The molecule has 0 aliphatic carbocycles. The number of carbonyl (C=O) groups excluding carboxylic acids is 2. The standard InChI is InChI=1S/C19H21N3O2S/c23-17(22-10-4-3-7-16(22)18-20-9-12-25-18)8-11-21-13-14-5-1-2-6-15(14)19(21)24/h1-2,5-6,9,12,16H,3-4,7-8,10-11,13H2/t16-/m0/s1. The van der Waals surface area contributed by atoms with Crippen molar-refractivity contribution in [3.8, 4) is 0 Å². The first-order valence-electron chi connectivity index (χ1n) is 8.80. The van der Waals surface area contributed by atoms with E-state index >= 15 is 0 Å². The number of thiazole rings is 1. The van der Waals surface area contributed by atoms with Gasteiger partial charge in [-0.25, -0.2) is 4.98 Å². The number of rotatable bonds is 4. The van der Waals surface area contributed by atoms with E-state index in [1.165, 1.54) is 0 Å². The molecule has 0 unspecified atom stereocenters. The zero-order valence-electron chi connectivity index (χ0n) is 14.1. The highest BCUT2D eigenvalue weighted by Crippen LogP contribution is 2.32. The van der Waals surface area contributed by atoms with E-state index in [4.69, 9.17) is 0 Å². The van der Waals surface area contributed by atoms with Crippen LogP contribution in [0.5, 0.6) is 0 Å². The molecule has 1 aromatic heterocycles. The molecule has 2 aromatic rings. The van der Waals surface area contributed by atoms with Gasteiger partial charge < -0.3 is 9.80 Å². The summed E-state index contributed by atoms with van der Waals surface area (Å²) in [5, 5.41) is 2.99. The summed E-state index contributed by atoms with van der Waals surface area (Å²) in [6, 6.07) is 7.79. The van der Waals surface area contributed by atoms with Crippen molar-refractivity contribution in [3.63, 3.8) is 0 Å². The second kappa shape index (κ2) is 6.96. The van der Waals surface area contributed by atoms with Gasteiger partial charge in [-0.2, -0.15) is 0 Å². The van der Waals surface area contributed by atoms with Crippen LogP contribution in [0.15, 0.2) is 35.8 Å². The molecule has 1 atom stereocenters. The highest BCUT2D eigenvalue weighted by molar-refractivity contribution is 7.09. The maximum atomic E-state index is 12.8. The van der Waals surface area contributed by atoms with Crippen molar-refractivity contribution in [1.29, 1.82) is 0 Å². The lowest BCUT2D eigenvalue weighted by atomic mass is 10.0. The van der Waals surface area contributed by atoms with Crippen molar-refractivity contribution in [2.75, 3.05) is 13.1 Å². The van der Waals surface area contributed by atoms with Crippen molar-refractivity contribution in [2.45, 2.75) is 38.3 Å².